The van der Waals surface area contributed by atoms with E-state index in [-0.39, 0.29) is 0 Å². The maximum atomic E-state index is 2.63. The summed E-state index contributed by atoms with van der Waals surface area (Å²) in [6, 6.07) is 101. The van der Waals surface area contributed by atoms with E-state index in [4.69, 9.17) is 0 Å². The Kier molecular flexibility index (Phi) is 10.1. The van der Waals surface area contributed by atoms with E-state index < -0.39 is 0 Å². The summed E-state index contributed by atoms with van der Waals surface area (Å²) in [7, 11) is 0. The smallest absolute Gasteiger partial charge is 0.0621 e. The van der Waals surface area contributed by atoms with Crippen molar-refractivity contribution in [3.63, 3.8) is 0 Å². The number of fused-ring (bicyclic) bond motifs is 22. The Morgan fingerprint density at radius 2 is 0.571 bits per heavy atom. The first-order valence-electron chi connectivity index (χ1n) is 28.5. The third-order valence-corrected chi connectivity index (χ3v) is 22.3. The Hall–Kier alpha value is -9.40. The minimum atomic E-state index is 1.17. The first-order chi connectivity index (χ1) is 41.7. The van der Waals surface area contributed by atoms with E-state index in [1.54, 1.807) is 0 Å². The Morgan fingerprint density at radius 1 is 0.214 bits per heavy atom. The fourth-order valence-electron chi connectivity index (χ4n) is 14.1. The van der Waals surface area contributed by atoms with Gasteiger partial charge in [-0.15, -0.1) is 22.7 Å². The number of benzene rings is 15. The van der Waals surface area contributed by atoms with Crippen molar-refractivity contribution < 1.29 is 0 Å². The van der Waals surface area contributed by atoms with Crippen LogP contribution in [0, 0.1) is 0 Å². The van der Waals surface area contributed by atoms with E-state index in [9.17, 15) is 0 Å². The summed E-state index contributed by atoms with van der Waals surface area (Å²) in [6.07, 6.45) is 0. The molecule has 0 saturated heterocycles. The molecule has 15 aromatic carbocycles. The van der Waals surface area contributed by atoms with Crippen LogP contribution < -0.4 is 9.80 Å². The van der Waals surface area contributed by atoms with Gasteiger partial charge in [-0.2, -0.15) is 0 Å². The van der Waals surface area contributed by atoms with E-state index >= 15 is 0 Å². The molecule has 0 fully saturated rings. The fraction of sp³-hybridized carbons (Fsp3) is 0. The Morgan fingerprint density at radius 3 is 1.00 bits per heavy atom. The highest BCUT2D eigenvalue weighted by molar-refractivity contribution is 8.00. The van der Waals surface area contributed by atoms with E-state index in [1.165, 1.54) is 181 Å². The first-order valence-corrected chi connectivity index (χ1v) is 31.8. The number of para-hydroxylation sites is 2. The van der Waals surface area contributed by atoms with Gasteiger partial charge >= 0.3 is 0 Å². The van der Waals surface area contributed by atoms with Crippen LogP contribution in [0.15, 0.2) is 287 Å². The van der Waals surface area contributed by atoms with Crippen LogP contribution in [0.25, 0.3) is 127 Å². The molecular weight excluding hydrogens is 1090 g/mol. The molecule has 84 heavy (non-hydrogen) atoms. The molecule has 0 saturated carbocycles. The number of nitrogens with zero attached hydrogens (tertiary/aromatic N) is 2. The lowest BCUT2D eigenvalue weighted by Gasteiger charge is -2.38. The summed E-state index contributed by atoms with van der Waals surface area (Å²) < 4.78 is 5.24. The normalized spacial score (nSPS) is 13.1. The van der Waals surface area contributed by atoms with Crippen molar-refractivity contribution in [1.82, 2.24) is 0 Å². The van der Waals surface area contributed by atoms with Gasteiger partial charge in [0, 0.05) is 92.2 Å². The first kappa shape index (κ1) is 47.1. The van der Waals surface area contributed by atoms with Gasteiger partial charge in [0.1, 0.15) is 0 Å². The second kappa shape index (κ2) is 18.1. The van der Waals surface area contributed by atoms with Gasteiger partial charge in [0.15, 0.2) is 0 Å². The maximum Gasteiger partial charge on any atom is 0.0621 e. The Balaban J connectivity index is 0.944. The van der Waals surface area contributed by atoms with E-state index in [0.717, 1.165) is 0 Å². The SMILES string of the molecule is c1ccc(-c2ccc3c(N4c5ccccc5Sc5cc6c(cc54)sc4c5ccccc5c5ccccc5c64)c4cc(-c5ccccc5)ccc4c(N4c5ccccc5Sc5cc6c(cc54)sc4c5ccccc5c5ccccc5c64)c3c2)cc1. The molecule has 2 aliphatic heterocycles. The van der Waals surface area contributed by atoms with Crippen molar-refractivity contribution >= 4 is 185 Å². The van der Waals surface area contributed by atoms with Gasteiger partial charge in [0.05, 0.1) is 34.1 Å². The standard InChI is InChI=1S/C78H44N2S4/c1-3-19-45(20-4-1)47-35-37-55-59(39-47)75(79-63-31-15-17-33-67(63)81-71-41-61-69(43-65(71)79)83-77-57-29-13-9-25-51(57)49-23-7-11-27-53(49)73(61)77)56-38-36-48(46-21-5-2-6-22-46)40-60(56)76(55)80-64-32-16-18-34-68(64)82-72-42-62-70(44-66(72)80)84-78-58-30-14-10-26-52(58)50-24-8-12-28-54(50)74(62)78/h1-44H. The monoisotopic (exact) mass is 1140 g/mol. The lowest BCUT2D eigenvalue weighted by atomic mass is 9.91. The van der Waals surface area contributed by atoms with Crippen LogP contribution in [-0.4, -0.2) is 0 Å². The number of hydrogen-bond donors (Lipinski definition) is 0. The molecular formula is C78H44N2S4. The molecule has 19 rings (SSSR count). The predicted octanol–water partition coefficient (Wildman–Crippen LogP) is 24.5. The van der Waals surface area contributed by atoms with Crippen LogP contribution in [0.3, 0.4) is 0 Å². The topological polar surface area (TPSA) is 6.48 Å². The van der Waals surface area contributed by atoms with E-state index in [0.29, 0.717) is 0 Å². The lowest BCUT2D eigenvalue weighted by molar-refractivity contribution is 1.18. The zero-order chi connectivity index (χ0) is 54.7. The third kappa shape index (κ3) is 6.76. The molecule has 0 spiro atoms. The summed E-state index contributed by atoms with van der Waals surface area (Å²) in [5, 5.41) is 20.5. The molecule has 6 heteroatoms. The fourth-order valence-corrected chi connectivity index (χ4v) is 18.8. The number of hydrogen-bond acceptors (Lipinski definition) is 6. The Bertz CT molecular complexity index is 5350. The molecule has 0 radical (unpaired) electrons. The summed E-state index contributed by atoms with van der Waals surface area (Å²) in [5.41, 5.74) is 11.8. The van der Waals surface area contributed by atoms with Crippen LogP contribution in [0.2, 0.25) is 0 Å². The van der Waals surface area contributed by atoms with Gasteiger partial charge in [0.2, 0.25) is 0 Å². The molecule has 0 N–H and O–H groups in total. The van der Waals surface area contributed by atoms with Gasteiger partial charge in [-0.1, -0.05) is 230 Å². The second-order valence-corrected chi connectivity index (χ2v) is 26.5. The highest BCUT2D eigenvalue weighted by atomic mass is 32.2. The van der Waals surface area contributed by atoms with Crippen molar-refractivity contribution in [2.45, 2.75) is 19.6 Å². The summed E-state index contributed by atoms with van der Waals surface area (Å²) in [4.78, 5) is 10.2. The van der Waals surface area contributed by atoms with Crippen LogP contribution >= 0.6 is 46.2 Å². The van der Waals surface area contributed by atoms with E-state index in [1.807, 2.05) is 46.2 Å². The van der Waals surface area contributed by atoms with Gasteiger partial charge in [0.25, 0.3) is 0 Å². The molecule has 390 valence electrons. The van der Waals surface area contributed by atoms with Crippen LogP contribution in [0.4, 0.5) is 34.1 Å². The molecule has 2 nitrogen and oxygen atoms in total. The molecule has 2 aromatic heterocycles. The average molecular weight is 1140 g/mol. The lowest BCUT2D eigenvalue weighted by Crippen LogP contribution is -2.18. The van der Waals surface area contributed by atoms with E-state index in [2.05, 4.69) is 277 Å². The maximum absolute atomic E-state index is 2.63. The Labute approximate surface area is 500 Å². The molecule has 0 amide bonds. The molecule has 17 aromatic rings. The summed E-state index contributed by atoms with van der Waals surface area (Å²) in [6.45, 7) is 0. The highest BCUT2D eigenvalue weighted by Gasteiger charge is 2.34. The predicted molar refractivity (Wildman–Crippen MR) is 366 cm³/mol. The molecule has 0 unspecified atom stereocenters. The van der Waals surface area contributed by atoms with Crippen LogP contribution in [-0.2, 0) is 0 Å². The van der Waals surface area contributed by atoms with Crippen molar-refractivity contribution in [3.8, 4) is 22.3 Å². The number of anilines is 6. The molecule has 0 aliphatic carbocycles. The minimum Gasteiger partial charge on any atom is -0.307 e. The molecule has 0 atom stereocenters. The van der Waals surface area contributed by atoms with Gasteiger partial charge in [-0.25, -0.2) is 0 Å². The van der Waals surface area contributed by atoms with Gasteiger partial charge in [-0.05, 0) is 115 Å². The number of rotatable bonds is 4. The average Bonchev–Trinajstić information content (AvgIpc) is 1.38. The highest BCUT2D eigenvalue weighted by Crippen LogP contribution is 2.62. The van der Waals surface area contributed by atoms with Crippen LogP contribution in [0.5, 0.6) is 0 Å². The van der Waals surface area contributed by atoms with Gasteiger partial charge < -0.3 is 9.80 Å². The summed E-state index contributed by atoms with van der Waals surface area (Å²) in [5.74, 6) is 0. The van der Waals surface area contributed by atoms with Crippen molar-refractivity contribution in [1.29, 1.82) is 0 Å². The van der Waals surface area contributed by atoms with Crippen molar-refractivity contribution in [2.75, 3.05) is 9.80 Å². The third-order valence-electron chi connectivity index (χ3n) is 17.7. The number of thiophene rings is 2. The summed E-state index contributed by atoms with van der Waals surface area (Å²) >= 11 is 7.65. The molecule has 0 bridgehead atoms. The zero-order valence-electron chi connectivity index (χ0n) is 44.9. The minimum absolute atomic E-state index is 1.17. The van der Waals surface area contributed by atoms with Gasteiger partial charge in [-0.3, -0.25) is 0 Å². The molecule has 2 aliphatic rings. The second-order valence-electron chi connectivity index (χ2n) is 22.2. The van der Waals surface area contributed by atoms with Crippen LogP contribution in [0.1, 0.15) is 0 Å². The quantitative estimate of drug-likeness (QED) is 0.128. The van der Waals surface area contributed by atoms with Crippen molar-refractivity contribution in [3.05, 3.63) is 267 Å². The zero-order valence-corrected chi connectivity index (χ0v) is 48.2. The largest absolute Gasteiger partial charge is 0.307 e. The molecule has 4 heterocycles. The van der Waals surface area contributed by atoms with Crippen molar-refractivity contribution in [2.24, 2.45) is 0 Å².